The molecule has 0 saturated heterocycles. The van der Waals surface area contributed by atoms with Gasteiger partial charge in [0, 0.05) is 18.5 Å². The number of para-hydroxylation sites is 1. The molecule has 1 heterocycles. The zero-order chi connectivity index (χ0) is 15.9. The van der Waals surface area contributed by atoms with E-state index in [0.717, 1.165) is 36.2 Å². The lowest BCUT2D eigenvalue weighted by Crippen LogP contribution is -2.12. The molecular weight excluding hydrogens is 286 g/mol. The molecule has 3 aromatic rings. The van der Waals surface area contributed by atoms with Crippen molar-refractivity contribution in [2.75, 3.05) is 23.7 Å². The second-order valence-corrected chi connectivity index (χ2v) is 5.32. The Hall–Kier alpha value is -2.66. The number of nitrogens with one attached hydrogen (secondary N) is 2. The molecule has 5 nitrogen and oxygen atoms in total. The third kappa shape index (κ3) is 3.96. The Morgan fingerprint density at radius 3 is 2.48 bits per heavy atom. The van der Waals surface area contributed by atoms with Gasteiger partial charge in [-0.25, -0.2) is 4.98 Å². The van der Waals surface area contributed by atoms with Gasteiger partial charge >= 0.3 is 0 Å². The molecular formula is C18H21N5. The highest BCUT2D eigenvalue weighted by Gasteiger charge is 2.07. The van der Waals surface area contributed by atoms with Crippen LogP contribution in [0.4, 0.5) is 11.8 Å². The predicted octanol–water partition coefficient (Wildman–Crippen LogP) is 3.00. The van der Waals surface area contributed by atoms with Gasteiger partial charge in [0.1, 0.15) is 5.82 Å². The molecule has 0 fully saturated rings. The van der Waals surface area contributed by atoms with E-state index in [0.29, 0.717) is 12.5 Å². The minimum atomic E-state index is 0.632. The maximum atomic E-state index is 5.53. The lowest BCUT2D eigenvalue weighted by molar-refractivity contribution is 0.865. The Morgan fingerprint density at radius 2 is 1.65 bits per heavy atom. The Balaban J connectivity index is 1.84. The molecule has 0 aliphatic rings. The Bertz CT molecular complexity index is 758. The van der Waals surface area contributed by atoms with Crippen molar-refractivity contribution in [3.63, 3.8) is 0 Å². The van der Waals surface area contributed by atoms with Crippen LogP contribution in [0.2, 0.25) is 0 Å². The summed E-state index contributed by atoms with van der Waals surface area (Å²) in [5, 5.41) is 7.67. The zero-order valence-electron chi connectivity index (χ0n) is 13.0. The number of fused-ring (bicyclic) bond motifs is 1. The van der Waals surface area contributed by atoms with Crippen LogP contribution in [0.15, 0.2) is 54.6 Å². The number of hydrogen-bond donors (Lipinski definition) is 3. The van der Waals surface area contributed by atoms with Crippen LogP contribution in [0.3, 0.4) is 0 Å². The third-order valence-corrected chi connectivity index (χ3v) is 3.57. The number of nitrogens with zero attached hydrogens (tertiary/aromatic N) is 2. The van der Waals surface area contributed by atoms with Gasteiger partial charge in [0.15, 0.2) is 0 Å². The van der Waals surface area contributed by atoms with Gasteiger partial charge in [-0.05, 0) is 30.7 Å². The van der Waals surface area contributed by atoms with Crippen LogP contribution in [0.25, 0.3) is 10.9 Å². The van der Waals surface area contributed by atoms with Crippen molar-refractivity contribution in [2.24, 2.45) is 5.73 Å². The van der Waals surface area contributed by atoms with Crippen LogP contribution in [0, 0.1) is 0 Å². The number of anilines is 2. The van der Waals surface area contributed by atoms with E-state index < -0.39 is 0 Å². The number of rotatable bonds is 7. The third-order valence-electron chi connectivity index (χ3n) is 3.57. The summed E-state index contributed by atoms with van der Waals surface area (Å²) in [6, 6.07) is 18.3. The van der Waals surface area contributed by atoms with Gasteiger partial charge in [-0.15, -0.1) is 0 Å². The Labute approximate surface area is 136 Å². The van der Waals surface area contributed by atoms with Crippen LogP contribution in [-0.2, 0) is 6.54 Å². The average molecular weight is 307 g/mol. The van der Waals surface area contributed by atoms with Crippen molar-refractivity contribution < 1.29 is 0 Å². The fraction of sp³-hybridized carbons (Fsp3) is 0.222. The van der Waals surface area contributed by atoms with Crippen molar-refractivity contribution >= 4 is 22.7 Å². The van der Waals surface area contributed by atoms with Gasteiger partial charge in [0.2, 0.25) is 5.95 Å². The van der Waals surface area contributed by atoms with Crippen molar-refractivity contribution in [1.82, 2.24) is 9.97 Å². The fourth-order valence-electron chi connectivity index (χ4n) is 2.37. The largest absolute Gasteiger partial charge is 0.365 e. The SMILES string of the molecule is NCCCNc1nc(NCc2ccccc2)c2ccccc2n1. The summed E-state index contributed by atoms with van der Waals surface area (Å²) < 4.78 is 0. The fourth-order valence-corrected chi connectivity index (χ4v) is 2.37. The molecule has 0 amide bonds. The van der Waals surface area contributed by atoms with Crippen LogP contribution in [0.5, 0.6) is 0 Å². The van der Waals surface area contributed by atoms with E-state index in [-0.39, 0.29) is 0 Å². The zero-order valence-corrected chi connectivity index (χ0v) is 13.0. The number of benzene rings is 2. The van der Waals surface area contributed by atoms with Gasteiger partial charge in [-0.2, -0.15) is 4.98 Å². The molecule has 0 radical (unpaired) electrons. The van der Waals surface area contributed by atoms with Crippen molar-refractivity contribution in [3.8, 4) is 0 Å². The minimum absolute atomic E-state index is 0.632. The molecule has 4 N–H and O–H groups in total. The first kappa shape index (κ1) is 15.2. The van der Waals surface area contributed by atoms with Crippen molar-refractivity contribution in [1.29, 1.82) is 0 Å². The molecule has 23 heavy (non-hydrogen) atoms. The normalized spacial score (nSPS) is 10.7. The molecule has 3 rings (SSSR count). The summed E-state index contributed by atoms with van der Waals surface area (Å²) in [4.78, 5) is 9.17. The molecule has 0 aliphatic heterocycles. The predicted molar refractivity (Wildman–Crippen MR) is 95.5 cm³/mol. The Kier molecular flexibility index (Phi) is 5.01. The molecule has 0 saturated carbocycles. The maximum absolute atomic E-state index is 5.53. The van der Waals surface area contributed by atoms with E-state index in [1.807, 2.05) is 42.5 Å². The maximum Gasteiger partial charge on any atom is 0.225 e. The monoisotopic (exact) mass is 307 g/mol. The molecule has 5 heteroatoms. The first-order valence-electron chi connectivity index (χ1n) is 7.85. The summed E-state index contributed by atoms with van der Waals surface area (Å²) in [6.45, 7) is 2.15. The second-order valence-electron chi connectivity index (χ2n) is 5.32. The van der Waals surface area contributed by atoms with E-state index in [4.69, 9.17) is 5.73 Å². The minimum Gasteiger partial charge on any atom is -0.365 e. The molecule has 0 bridgehead atoms. The first-order valence-corrected chi connectivity index (χ1v) is 7.85. The van der Waals surface area contributed by atoms with Crippen LogP contribution >= 0.6 is 0 Å². The van der Waals surface area contributed by atoms with Crippen molar-refractivity contribution in [3.05, 3.63) is 60.2 Å². The average Bonchev–Trinajstić information content (AvgIpc) is 2.61. The number of nitrogens with two attached hydrogens (primary N) is 1. The number of aromatic nitrogens is 2. The quantitative estimate of drug-likeness (QED) is 0.585. The molecule has 0 unspecified atom stereocenters. The van der Waals surface area contributed by atoms with Gasteiger partial charge in [0.25, 0.3) is 0 Å². The first-order chi connectivity index (χ1) is 11.4. The highest BCUT2D eigenvalue weighted by atomic mass is 15.1. The van der Waals surface area contributed by atoms with E-state index in [9.17, 15) is 0 Å². The van der Waals surface area contributed by atoms with Crippen LogP contribution < -0.4 is 16.4 Å². The van der Waals surface area contributed by atoms with E-state index in [1.54, 1.807) is 0 Å². The molecule has 1 aromatic heterocycles. The summed E-state index contributed by atoms with van der Waals surface area (Å²) in [7, 11) is 0. The highest BCUT2D eigenvalue weighted by molar-refractivity contribution is 5.89. The second kappa shape index (κ2) is 7.56. The Morgan fingerprint density at radius 1 is 0.870 bits per heavy atom. The summed E-state index contributed by atoms with van der Waals surface area (Å²) in [5.41, 5.74) is 7.67. The number of hydrogen-bond acceptors (Lipinski definition) is 5. The van der Waals surface area contributed by atoms with Crippen molar-refractivity contribution in [2.45, 2.75) is 13.0 Å². The van der Waals surface area contributed by atoms with E-state index in [1.165, 1.54) is 5.56 Å². The summed E-state index contributed by atoms with van der Waals surface area (Å²) in [5.74, 6) is 1.47. The topological polar surface area (TPSA) is 75.9 Å². The van der Waals surface area contributed by atoms with E-state index >= 15 is 0 Å². The molecule has 0 spiro atoms. The van der Waals surface area contributed by atoms with E-state index in [2.05, 4.69) is 32.7 Å². The molecule has 0 atom stereocenters. The smallest absolute Gasteiger partial charge is 0.225 e. The summed E-state index contributed by atoms with van der Waals surface area (Å²) in [6.07, 6.45) is 0.892. The lowest BCUT2D eigenvalue weighted by atomic mass is 10.2. The molecule has 118 valence electrons. The summed E-state index contributed by atoms with van der Waals surface area (Å²) >= 11 is 0. The standard InChI is InChI=1S/C18H21N5/c19-11-6-12-20-18-22-16-10-5-4-9-15(16)17(23-18)21-13-14-7-2-1-3-8-14/h1-5,7-10H,6,11-13,19H2,(H2,20,21,22,23). The van der Waals surface area contributed by atoms with Crippen LogP contribution in [0.1, 0.15) is 12.0 Å². The lowest BCUT2D eigenvalue weighted by Gasteiger charge is -2.12. The van der Waals surface area contributed by atoms with Gasteiger partial charge < -0.3 is 16.4 Å². The van der Waals surface area contributed by atoms with Gasteiger partial charge in [-0.3, -0.25) is 0 Å². The highest BCUT2D eigenvalue weighted by Crippen LogP contribution is 2.22. The van der Waals surface area contributed by atoms with Crippen LogP contribution in [-0.4, -0.2) is 23.1 Å². The molecule has 0 aliphatic carbocycles. The van der Waals surface area contributed by atoms with Gasteiger partial charge in [-0.1, -0.05) is 42.5 Å². The van der Waals surface area contributed by atoms with Gasteiger partial charge in [0.05, 0.1) is 5.52 Å². The molecule has 2 aromatic carbocycles.